The van der Waals surface area contributed by atoms with Gasteiger partial charge in [0.2, 0.25) is 11.6 Å². The lowest BCUT2D eigenvalue weighted by Crippen LogP contribution is -2.52. The molecule has 2 aliphatic heterocycles. The number of fused-ring (bicyclic) bond motifs is 1. The quantitative estimate of drug-likeness (QED) is 0.431. The van der Waals surface area contributed by atoms with Gasteiger partial charge in [0, 0.05) is 50.9 Å². The van der Waals surface area contributed by atoms with Gasteiger partial charge in [0.05, 0.1) is 40.3 Å². The maximum Gasteiger partial charge on any atom is 0.253 e. The normalized spacial score (nSPS) is 15.8. The first-order chi connectivity index (χ1) is 17.5. The van der Waals surface area contributed by atoms with E-state index in [4.69, 9.17) is 18.9 Å². The molecular weight excluding hydrogens is 464 g/mol. The minimum Gasteiger partial charge on any atom is -0.493 e. The van der Waals surface area contributed by atoms with Crippen molar-refractivity contribution in [2.75, 3.05) is 71.0 Å². The molecule has 190 valence electrons. The van der Waals surface area contributed by atoms with Crippen molar-refractivity contribution in [1.82, 2.24) is 9.88 Å². The van der Waals surface area contributed by atoms with E-state index in [0.717, 1.165) is 36.3 Å². The van der Waals surface area contributed by atoms with Crippen LogP contribution in [0.5, 0.6) is 23.1 Å². The number of hydrogen-bond donors (Lipinski definition) is 0. The zero-order valence-electron chi connectivity index (χ0n) is 21.0. The number of rotatable bonds is 8. The molecule has 1 saturated heterocycles. The Labute approximate surface area is 209 Å². The molecule has 36 heavy (non-hydrogen) atoms. The van der Waals surface area contributed by atoms with E-state index in [-0.39, 0.29) is 0 Å². The molecule has 0 N–H and O–H groups in total. The van der Waals surface area contributed by atoms with E-state index in [9.17, 15) is 9.59 Å². The fourth-order valence-corrected chi connectivity index (χ4v) is 5.18. The molecule has 0 unspecified atom stereocenters. The third-order valence-corrected chi connectivity index (χ3v) is 7.04. The minimum absolute atomic E-state index is 0.407. The highest BCUT2D eigenvalue weighted by atomic mass is 16.5. The van der Waals surface area contributed by atoms with Gasteiger partial charge >= 0.3 is 0 Å². The molecule has 1 aromatic heterocycles. The molecule has 0 saturated carbocycles. The summed E-state index contributed by atoms with van der Waals surface area (Å²) in [6, 6.07) is 5.75. The molecule has 3 aromatic rings. The Morgan fingerprint density at radius 2 is 1.56 bits per heavy atom. The topological polar surface area (TPSA) is 93.7 Å². The highest BCUT2D eigenvalue weighted by Crippen LogP contribution is 2.41. The van der Waals surface area contributed by atoms with Gasteiger partial charge in [-0.2, -0.15) is 0 Å². The summed E-state index contributed by atoms with van der Waals surface area (Å²) in [5.74, 6) is 2.39. The molecule has 0 aliphatic carbocycles. The van der Waals surface area contributed by atoms with Crippen LogP contribution in [0.4, 0.5) is 17.1 Å². The van der Waals surface area contributed by atoms with Gasteiger partial charge in [-0.05, 0) is 18.1 Å². The van der Waals surface area contributed by atoms with E-state index in [2.05, 4.69) is 9.88 Å². The molecule has 10 nitrogen and oxygen atoms in total. The molecule has 3 heterocycles. The average molecular weight is 495 g/mol. The van der Waals surface area contributed by atoms with Crippen molar-refractivity contribution in [2.24, 2.45) is 0 Å². The maximum atomic E-state index is 12.7. The second-order valence-corrected chi connectivity index (χ2v) is 8.87. The Morgan fingerprint density at radius 1 is 0.833 bits per heavy atom. The van der Waals surface area contributed by atoms with E-state index in [1.54, 1.807) is 34.6 Å². The molecule has 1 fully saturated rings. The van der Waals surface area contributed by atoms with Gasteiger partial charge in [-0.3, -0.25) is 14.5 Å². The lowest BCUT2D eigenvalue weighted by molar-refractivity contribution is 0.243. The van der Waals surface area contributed by atoms with Crippen molar-refractivity contribution in [3.8, 4) is 23.1 Å². The van der Waals surface area contributed by atoms with Crippen LogP contribution in [-0.4, -0.2) is 71.0 Å². The summed E-state index contributed by atoms with van der Waals surface area (Å²) >= 11 is 0. The summed E-state index contributed by atoms with van der Waals surface area (Å²) in [5.41, 5.74) is 3.10. The molecule has 0 bridgehead atoms. The Kier molecular flexibility index (Phi) is 6.44. The van der Waals surface area contributed by atoms with E-state index in [1.165, 1.54) is 0 Å². The van der Waals surface area contributed by atoms with Crippen molar-refractivity contribution in [3.63, 3.8) is 0 Å². The predicted octanol–water partition coefficient (Wildman–Crippen LogP) is 1.73. The third-order valence-electron chi connectivity index (χ3n) is 7.04. The minimum atomic E-state index is -0.425. The van der Waals surface area contributed by atoms with Gasteiger partial charge in [0.1, 0.15) is 11.4 Å². The summed E-state index contributed by atoms with van der Waals surface area (Å²) in [7, 11) is 6.39. The van der Waals surface area contributed by atoms with Crippen LogP contribution in [0.3, 0.4) is 0 Å². The number of ether oxygens (including phenoxy) is 4. The first kappa shape index (κ1) is 23.9. The predicted molar refractivity (Wildman–Crippen MR) is 136 cm³/mol. The van der Waals surface area contributed by atoms with Crippen molar-refractivity contribution in [2.45, 2.75) is 13.0 Å². The molecule has 0 spiro atoms. The SMILES string of the molecule is COc1cc2c(cn1)N(c1c(N3CCN(Cc4ccc(OC)c(OC)c4OC)CC3)c(=O)c1=O)CC2. The first-order valence-corrected chi connectivity index (χ1v) is 11.9. The van der Waals surface area contributed by atoms with Crippen LogP contribution in [0, 0.1) is 0 Å². The van der Waals surface area contributed by atoms with E-state index in [0.29, 0.717) is 60.7 Å². The number of hydrogen-bond acceptors (Lipinski definition) is 10. The van der Waals surface area contributed by atoms with Crippen LogP contribution in [-0.2, 0) is 13.0 Å². The van der Waals surface area contributed by atoms with Gasteiger partial charge in [-0.1, -0.05) is 6.07 Å². The van der Waals surface area contributed by atoms with Crippen LogP contribution in [0.15, 0.2) is 34.0 Å². The molecule has 5 rings (SSSR count). The average Bonchev–Trinajstić information content (AvgIpc) is 3.33. The molecular formula is C26H30N4O6. The second kappa shape index (κ2) is 9.69. The lowest BCUT2D eigenvalue weighted by Gasteiger charge is -2.38. The Hall–Kier alpha value is -3.79. The van der Waals surface area contributed by atoms with Gasteiger partial charge in [0.25, 0.3) is 10.9 Å². The number of pyridine rings is 1. The molecule has 10 heteroatoms. The molecule has 0 radical (unpaired) electrons. The molecule has 0 amide bonds. The third kappa shape index (κ3) is 3.91. The zero-order valence-corrected chi connectivity index (χ0v) is 21.0. The Morgan fingerprint density at radius 3 is 2.22 bits per heavy atom. The lowest BCUT2D eigenvalue weighted by atomic mass is 10.1. The largest absolute Gasteiger partial charge is 0.493 e. The van der Waals surface area contributed by atoms with Crippen molar-refractivity contribution in [3.05, 3.63) is 56.0 Å². The number of anilines is 3. The van der Waals surface area contributed by atoms with Crippen LogP contribution in [0.1, 0.15) is 11.1 Å². The van der Waals surface area contributed by atoms with Crippen LogP contribution in [0.2, 0.25) is 0 Å². The van der Waals surface area contributed by atoms with E-state index >= 15 is 0 Å². The van der Waals surface area contributed by atoms with E-state index < -0.39 is 10.9 Å². The van der Waals surface area contributed by atoms with Crippen molar-refractivity contribution < 1.29 is 18.9 Å². The van der Waals surface area contributed by atoms with Crippen LogP contribution >= 0.6 is 0 Å². The standard InChI is InChI=1S/C26H30N4O6/c1-33-19-6-5-17(25(35-3)26(19)36-4)15-28-9-11-29(12-10-28)21-22(24(32)23(21)31)30-8-7-16-13-20(34-2)27-14-18(16)30/h5-6,13-14H,7-12,15H2,1-4H3. The fraction of sp³-hybridized carbons (Fsp3) is 0.423. The van der Waals surface area contributed by atoms with E-state index in [1.807, 2.05) is 28.0 Å². The summed E-state index contributed by atoms with van der Waals surface area (Å²) in [6.07, 6.45) is 2.49. The summed E-state index contributed by atoms with van der Waals surface area (Å²) in [4.78, 5) is 35.9. The van der Waals surface area contributed by atoms with Crippen LogP contribution < -0.4 is 39.6 Å². The highest BCUT2D eigenvalue weighted by molar-refractivity contribution is 5.83. The van der Waals surface area contributed by atoms with Gasteiger partial charge in [-0.25, -0.2) is 4.98 Å². The maximum absolute atomic E-state index is 12.7. The summed E-state index contributed by atoms with van der Waals surface area (Å²) in [5, 5.41) is 0. The van der Waals surface area contributed by atoms with Gasteiger partial charge < -0.3 is 28.7 Å². The Balaban J connectivity index is 1.31. The molecule has 2 aliphatic rings. The number of aromatic nitrogens is 1. The smallest absolute Gasteiger partial charge is 0.253 e. The van der Waals surface area contributed by atoms with Crippen LogP contribution in [0.25, 0.3) is 0 Å². The van der Waals surface area contributed by atoms with Gasteiger partial charge in [0.15, 0.2) is 11.5 Å². The summed E-state index contributed by atoms with van der Waals surface area (Å²) < 4.78 is 21.7. The second-order valence-electron chi connectivity index (χ2n) is 8.87. The van der Waals surface area contributed by atoms with Crippen molar-refractivity contribution in [1.29, 1.82) is 0 Å². The monoisotopic (exact) mass is 494 g/mol. The number of piperazine rings is 1. The number of methoxy groups -OCH3 is 4. The summed E-state index contributed by atoms with van der Waals surface area (Å²) in [6.45, 7) is 4.09. The highest BCUT2D eigenvalue weighted by Gasteiger charge is 2.35. The molecule has 2 aromatic carbocycles. The zero-order chi connectivity index (χ0) is 25.4. The number of benzene rings is 1. The van der Waals surface area contributed by atoms with Crippen molar-refractivity contribution >= 4 is 17.1 Å². The fourth-order valence-electron chi connectivity index (χ4n) is 5.18. The number of nitrogens with zero attached hydrogens (tertiary/aromatic N) is 4. The van der Waals surface area contributed by atoms with Gasteiger partial charge in [-0.15, -0.1) is 0 Å². The Bertz CT molecular complexity index is 1340. The first-order valence-electron chi connectivity index (χ1n) is 11.9. The molecule has 0 atom stereocenters.